The molecule has 2 rings (SSSR count). The number of hydrogen-bond donors (Lipinski definition) is 1. The second-order valence-electron chi connectivity index (χ2n) is 5.28. The van der Waals surface area contributed by atoms with Crippen molar-refractivity contribution >= 4 is 17.7 Å². The van der Waals surface area contributed by atoms with Crippen LogP contribution in [-0.4, -0.2) is 41.4 Å². The lowest BCUT2D eigenvalue weighted by molar-refractivity contribution is -0.127. The third kappa shape index (κ3) is 3.88. The van der Waals surface area contributed by atoms with E-state index in [0.717, 1.165) is 18.8 Å². The number of rotatable bonds is 5. The predicted molar refractivity (Wildman–Crippen MR) is 73.1 cm³/mol. The van der Waals surface area contributed by atoms with Crippen LogP contribution in [0.1, 0.15) is 38.5 Å². The summed E-state index contributed by atoms with van der Waals surface area (Å²) < 4.78 is 0. The number of carbonyl (C=O) groups excluding carboxylic acids is 1. The first-order chi connectivity index (χ1) is 8.27. The molecular weight excluding hydrogens is 232 g/mol. The lowest BCUT2D eigenvalue weighted by Crippen LogP contribution is -2.29. The molecule has 0 aromatic heterocycles. The number of likely N-dealkylation sites (tertiary alicyclic amines) is 1. The third-order valence-corrected chi connectivity index (χ3v) is 5.01. The Kier molecular flexibility index (Phi) is 5.16. The van der Waals surface area contributed by atoms with Gasteiger partial charge in [-0.05, 0) is 43.8 Å². The topological polar surface area (TPSA) is 46.3 Å². The smallest absolute Gasteiger partial charge is 0.232 e. The normalized spacial score (nSPS) is 28.9. The third-order valence-electron chi connectivity index (χ3n) is 4.04. The quantitative estimate of drug-likeness (QED) is 0.764. The van der Waals surface area contributed by atoms with Crippen LogP contribution >= 0.6 is 11.8 Å². The molecule has 17 heavy (non-hydrogen) atoms. The molecule has 1 aliphatic carbocycles. The highest BCUT2D eigenvalue weighted by molar-refractivity contribution is 7.99. The number of carbonyl (C=O) groups is 1. The highest BCUT2D eigenvalue weighted by Gasteiger charge is 2.23. The van der Waals surface area contributed by atoms with Gasteiger partial charge in [0.2, 0.25) is 5.91 Å². The molecule has 0 radical (unpaired) electrons. The second kappa shape index (κ2) is 6.64. The molecule has 2 fully saturated rings. The van der Waals surface area contributed by atoms with E-state index in [1.807, 2.05) is 4.90 Å². The van der Waals surface area contributed by atoms with E-state index in [0.29, 0.717) is 23.6 Å². The Bertz CT molecular complexity index is 254. The Morgan fingerprint density at radius 1 is 1.24 bits per heavy atom. The Hall–Kier alpha value is -0.220. The standard InChI is InChI=1S/C13H24N2OS/c14-12-5-3-4-11(12)6-9-17-10-13(16)15-7-1-2-8-15/h11-12H,1-10,14H2. The number of hydrogen-bond acceptors (Lipinski definition) is 3. The Labute approximate surface area is 108 Å². The number of amides is 1. The molecule has 1 saturated carbocycles. The van der Waals surface area contributed by atoms with Crippen molar-refractivity contribution in [1.82, 2.24) is 4.90 Å². The van der Waals surface area contributed by atoms with Crippen LogP contribution in [0, 0.1) is 5.92 Å². The van der Waals surface area contributed by atoms with E-state index in [1.165, 1.54) is 38.5 Å². The average Bonchev–Trinajstić information content (AvgIpc) is 2.96. The molecule has 2 aliphatic rings. The summed E-state index contributed by atoms with van der Waals surface area (Å²) in [4.78, 5) is 13.8. The summed E-state index contributed by atoms with van der Waals surface area (Å²) in [5, 5.41) is 0. The minimum absolute atomic E-state index is 0.336. The lowest BCUT2D eigenvalue weighted by Gasteiger charge is -2.16. The molecule has 1 heterocycles. The molecule has 4 heteroatoms. The Morgan fingerprint density at radius 2 is 2.00 bits per heavy atom. The van der Waals surface area contributed by atoms with Gasteiger partial charge in [0.1, 0.15) is 0 Å². The number of nitrogens with two attached hydrogens (primary N) is 1. The van der Waals surface area contributed by atoms with Gasteiger partial charge in [-0.2, -0.15) is 11.8 Å². The van der Waals surface area contributed by atoms with Crippen LogP contribution in [0.4, 0.5) is 0 Å². The zero-order chi connectivity index (χ0) is 12.1. The molecule has 2 unspecified atom stereocenters. The van der Waals surface area contributed by atoms with Crippen LogP contribution in [-0.2, 0) is 4.79 Å². The van der Waals surface area contributed by atoms with Gasteiger partial charge in [-0.15, -0.1) is 0 Å². The van der Waals surface area contributed by atoms with Crippen molar-refractivity contribution < 1.29 is 4.79 Å². The fourth-order valence-electron chi connectivity index (χ4n) is 2.88. The molecule has 0 spiro atoms. The van der Waals surface area contributed by atoms with E-state index in [1.54, 1.807) is 11.8 Å². The first-order valence-corrected chi connectivity index (χ1v) is 8.04. The van der Waals surface area contributed by atoms with Gasteiger partial charge < -0.3 is 10.6 Å². The molecule has 98 valence electrons. The van der Waals surface area contributed by atoms with Crippen LogP contribution in [0.2, 0.25) is 0 Å². The minimum Gasteiger partial charge on any atom is -0.342 e. The van der Waals surface area contributed by atoms with Gasteiger partial charge in [-0.3, -0.25) is 4.79 Å². The first-order valence-electron chi connectivity index (χ1n) is 6.88. The Balaban J connectivity index is 1.55. The van der Waals surface area contributed by atoms with E-state index in [9.17, 15) is 4.79 Å². The zero-order valence-electron chi connectivity index (χ0n) is 10.6. The van der Waals surface area contributed by atoms with Crippen LogP contribution in [0.5, 0.6) is 0 Å². The number of thioether (sulfide) groups is 1. The van der Waals surface area contributed by atoms with Gasteiger partial charge in [0.25, 0.3) is 0 Å². The molecule has 1 saturated heterocycles. The maximum absolute atomic E-state index is 11.8. The fraction of sp³-hybridized carbons (Fsp3) is 0.923. The van der Waals surface area contributed by atoms with Crippen LogP contribution in [0.15, 0.2) is 0 Å². The summed E-state index contributed by atoms with van der Waals surface area (Å²) in [5.41, 5.74) is 6.04. The summed E-state index contributed by atoms with van der Waals surface area (Å²) >= 11 is 1.79. The lowest BCUT2D eigenvalue weighted by atomic mass is 10.0. The molecule has 0 aromatic rings. The molecule has 0 aromatic carbocycles. The highest BCUT2D eigenvalue weighted by atomic mass is 32.2. The van der Waals surface area contributed by atoms with Crippen molar-refractivity contribution in [2.75, 3.05) is 24.6 Å². The first kappa shape index (κ1) is 13.2. The number of nitrogens with zero attached hydrogens (tertiary/aromatic N) is 1. The van der Waals surface area contributed by atoms with Gasteiger partial charge in [0, 0.05) is 19.1 Å². The van der Waals surface area contributed by atoms with E-state index in [-0.39, 0.29) is 0 Å². The van der Waals surface area contributed by atoms with Gasteiger partial charge >= 0.3 is 0 Å². The summed E-state index contributed by atoms with van der Waals surface area (Å²) in [6.07, 6.45) is 7.35. The SMILES string of the molecule is NC1CCCC1CCSCC(=O)N1CCCC1. The summed E-state index contributed by atoms with van der Waals surface area (Å²) in [6.45, 7) is 1.96. The molecule has 1 amide bonds. The van der Waals surface area contributed by atoms with Gasteiger partial charge in [-0.1, -0.05) is 6.42 Å². The maximum Gasteiger partial charge on any atom is 0.232 e. The van der Waals surface area contributed by atoms with Crippen molar-refractivity contribution in [3.8, 4) is 0 Å². The van der Waals surface area contributed by atoms with Crippen LogP contribution in [0.25, 0.3) is 0 Å². The molecule has 2 atom stereocenters. The molecule has 2 N–H and O–H groups in total. The largest absolute Gasteiger partial charge is 0.342 e. The van der Waals surface area contributed by atoms with Gasteiger partial charge in [0.15, 0.2) is 0 Å². The van der Waals surface area contributed by atoms with E-state index < -0.39 is 0 Å². The summed E-state index contributed by atoms with van der Waals surface area (Å²) in [7, 11) is 0. The highest BCUT2D eigenvalue weighted by Crippen LogP contribution is 2.28. The van der Waals surface area contributed by atoms with Crippen molar-refractivity contribution in [1.29, 1.82) is 0 Å². The average molecular weight is 256 g/mol. The van der Waals surface area contributed by atoms with Crippen LogP contribution in [0.3, 0.4) is 0 Å². The molecular formula is C13H24N2OS. The van der Waals surface area contributed by atoms with E-state index in [2.05, 4.69) is 0 Å². The summed E-state index contributed by atoms with van der Waals surface area (Å²) in [6, 6.07) is 0.421. The van der Waals surface area contributed by atoms with Crippen LogP contribution < -0.4 is 5.73 Å². The maximum atomic E-state index is 11.8. The Morgan fingerprint density at radius 3 is 2.65 bits per heavy atom. The van der Waals surface area contributed by atoms with Crippen molar-refractivity contribution in [3.63, 3.8) is 0 Å². The van der Waals surface area contributed by atoms with E-state index >= 15 is 0 Å². The molecule has 1 aliphatic heterocycles. The second-order valence-corrected chi connectivity index (χ2v) is 6.39. The van der Waals surface area contributed by atoms with Gasteiger partial charge in [-0.25, -0.2) is 0 Å². The van der Waals surface area contributed by atoms with E-state index in [4.69, 9.17) is 5.73 Å². The summed E-state index contributed by atoms with van der Waals surface area (Å²) in [5.74, 6) is 2.81. The predicted octanol–water partition coefficient (Wildman–Crippen LogP) is 1.86. The van der Waals surface area contributed by atoms with Gasteiger partial charge in [0.05, 0.1) is 5.75 Å². The monoisotopic (exact) mass is 256 g/mol. The molecule has 0 bridgehead atoms. The fourth-order valence-corrected chi connectivity index (χ4v) is 3.85. The van der Waals surface area contributed by atoms with Crippen molar-refractivity contribution in [2.45, 2.75) is 44.6 Å². The molecule has 3 nitrogen and oxygen atoms in total. The minimum atomic E-state index is 0.336. The van der Waals surface area contributed by atoms with Crippen molar-refractivity contribution in [2.24, 2.45) is 11.7 Å². The zero-order valence-corrected chi connectivity index (χ0v) is 11.4. The van der Waals surface area contributed by atoms with Crippen molar-refractivity contribution in [3.05, 3.63) is 0 Å².